The van der Waals surface area contributed by atoms with E-state index in [1.807, 2.05) is 0 Å². The molecule has 1 saturated carbocycles. The Balaban J connectivity index is 0. The van der Waals surface area contributed by atoms with Crippen LogP contribution in [-0.4, -0.2) is 18.2 Å². The third kappa shape index (κ3) is 4.54. The van der Waals surface area contributed by atoms with Gasteiger partial charge in [0, 0.05) is 0 Å². The van der Waals surface area contributed by atoms with Gasteiger partial charge in [-0.05, 0) is 12.8 Å². The molecule has 0 aromatic rings. The molecule has 0 heterocycles. The Hall–Kier alpha value is 0.550. The SMILES string of the molecule is Cl.O=S(=O)(O)C1CCCCC1.S. The van der Waals surface area contributed by atoms with Crippen LogP contribution in [0.1, 0.15) is 32.1 Å². The standard InChI is InChI=1S/C6H12O3S.ClH.H2S/c7-10(8,9)6-4-2-1-3-5-6;;/h6H,1-5H2,(H,7,8,9);1H;1H2. The van der Waals surface area contributed by atoms with Crippen molar-refractivity contribution in [1.29, 1.82) is 0 Å². The summed E-state index contributed by atoms with van der Waals surface area (Å²) in [4.78, 5) is 0. The molecule has 0 radical (unpaired) electrons. The second-order valence-corrected chi connectivity index (χ2v) is 4.47. The highest BCUT2D eigenvalue weighted by Crippen LogP contribution is 2.22. The van der Waals surface area contributed by atoms with Gasteiger partial charge in [0.25, 0.3) is 10.1 Å². The van der Waals surface area contributed by atoms with Crippen LogP contribution in [0.25, 0.3) is 0 Å². The van der Waals surface area contributed by atoms with Gasteiger partial charge < -0.3 is 0 Å². The lowest BCUT2D eigenvalue weighted by molar-refractivity contribution is 0.425. The van der Waals surface area contributed by atoms with Crippen molar-refractivity contribution in [3.05, 3.63) is 0 Å². The van der Waals surface area contributed by atoms with Crippen LogP contribution in [0.3, 0.4) is 0 Å². The van der Waals surface area contributed by atoms with Gasteiger partial charge in [-0.3, -0.25) is 4.55 Å². The van der Waals surface area contributed by atoms with E-state index < -0.39 is 15.4 Å². The van der Waals surface area contributed by atoms with Crippen molar-refractivity contribution in [2.75, 3.05) is 0 Å². The van der Waals surface area contributed by atoms with Crippen molar-refractivity contribution in [2.45, 2.75) is 37.4 Å². The van der Waals surface area contributed by atoms with Crippen molar-refractivity contribution >= 4 is 36.0 Å². The maximum Gasteiger partial charge on any atom is 0.267 e. The lowest BCUT2D eigenvalue weighted by Gasteiger charge is -2.17. The zero-order chi connectivity index (χ0) is 7.61. The molecule has 0 unspecified atom stereocenters. The number of hydrogen-bond acceptors (Lipinski definition) is 2. The van der Waals surface area contributed by atoms with Gasteiger partial charge in [0.05, 0.1) is 5.25 Å². The number of rotatable bonds is 1. The predicted molar refractivity (Wildman–Crippen MR) is 56.1 cm³/mol. The Kier molecular flexibility index (Phi) is 7.61. The number of halogens is 1. The van der Waals surface area contributed by atoms with E-state index >= 15 is 0 Å². The highest BCUT2D eigenvalue weighted by atomic mass is 35.5. The van der Waals surface area contributed by atoms with Crippen LogP contribution in [0.4, 0.5) is 0 Å². The minimum Gasteiger partial charge on any atom is -0.285 e. The van der Waals surface area contributed by atoms with Crippen LogP contribution in [0.15, 0.2) is 0 Å². The fourth-order valence-corrected chi connectivity index (χ4v) is 2.29. The molecule has 3 nitrogen and oxygen atoms in total. The van der Waals surface area contributed by atoms with Gasteiger partial charge in [0.1, 0.15) is 0 Å². The molecule has 0 saturated heterocycles. The molecule has 0 atom stereocenters. The van der Waals surface area contributed by atoms with Crippen LogP contribution < -0.4 is 0 Å². The Morgan fingerprint density at radius 1 is 1.08 bits per heavy atom. The molecule has 6 heteroatoms. The molecule has 12 heavy (non-hydrogen) atoms. The molecule has 1 aliphatic carbocycles. The molecule has 76 valence electrons. The van der Waals surface area contributed by atoms with Crippen LogP contribution in [-0.2, 0) is 10.1 Å². The molecule has 0 amide bonds. The maximum atomic E-state index is 10.5. The Labute approximate surface area is 86.5 Å². The van der Waals surface area contributed by atoms with Crippen molar-refractivity contribution in [3.63, 3.8) is 0 Å². The molecular weight excluding hydrogens is 220 g/mol. The smallest absolute Gasteiger partial charge is 0.267 e. The monoisotopic (exact) mass is 234 g/mol. The minimum atomic E-state index is -3.73. The van der Waals surface area contributed by atoms with Gasteiger partial charge in [-0.15, -0.1) is 12.4 Å². The fourth-order valence-electron chi connectivity index (χ4n) is 1.36. The molecule has 1 fully saturated rings. The van der Waals surface area contributed by atoms with Crippen LogP contribution in [0, 0.1) is 0 Å². The minimum absolute atomic E-state index is 0. The van der Waals surface area contributed by atoms with Crippen molar-refractivity contribution in [1.82, 2.24) is 0 Å². The molecule has 0 aromatic carbocycles. The van der Waals surface area contributed by atoms with Crippen LogP contribution in [0.2, 0.25) is 0 Å². The van der Waals surface area contributed by atoms with Gasteiger partial charge in [-0.1, -0.05) is 19.3 Å². The van der Waals surface area contributed by atoms with E-state index in [0.29, 0.717) is 12.8 Å². The molecule has 1 N–H and O–H groups in total. The van der Waals surface area contributed by atoms with E-state index in [2.05, 4.69) is 0 Å². The highest BCUT2D eigenvalue weighted by molar-refractivity contribution is 7.86. The van der Waals surface area contributed by atoms with Crippen LogP contribution in [0.5, 0.6) is 0 Å². The average Bonchev–Trinajstić information content (AvgIpc) is 1.88. The van der Waals surface area contributed by atoms with Gasteiger partial charge in [0.2, 0.25) is 0 Å². The number of hydrogen-bond donors (Lipinski definition) is 1. The molecule has 1 aliphatic rings. The summed E-state index contributed by atoms with van der Waals surface area (Å²) in [7, 11) is -3.73. The highest BCUT2D eigenvalue weighted by Gasteiger charge is 2.24. The normalized spacial score (nSPS) is 19.1. The van der Waals surface area contributed by atoms with E-state index in [9.17, 15) is 8.42 Å². The first-order chi connectivity index (χ1) is 4.61. The van der Waals surface area contributed by atoms with E-state index in [-0.39, 0.29) is 25.9 Å². The molecule has 0 aromatic heterocycles. The zero-order valence-electron chi connectivity index (χ0n) is 6.69. The molecular formula is C6H15ClO3S2. The molecule has 0 spiro atoms. The zero-order valence-corrected chi connectivity index (χ0v) is 9.33. The molecule has 0 aliphatic heterocycles. The third-order valence-corrected chi connectivity index (χ3v) is 3.29. The van der Waals surface area contributed by atoms with Crippen molar-refractivity contribution in [3.8, 4) is 0 Å². The van der Waals surface area contributed by atoms with Gasteiger partial charge >= 0.3 is 0 Å². The predicted octanol–water partition coefficient (Wildman–Crippen LogP) is 1.74. The third-order valence-electron chi connectivity index (χ3n) is 1.97. The second kappa shape index (κ2) is 6.07. The lowest BCUT2D eigenvalue weighted by Crippen LogP contribution is -2.22. The summed E-state index contributed by atoms with van der Waals surface area (Å²) in [5.41, 5.74) is 0. The molecule has 1 rings (SSSR count). The summed E-state index contributed by atoms with van der Waals surface area (Å²) in [6.07, 6.45) is 4.25. The average molecular weight is 235 g/mol. The Morgan fingerprint density at radius 2 is 1.50 bits per heavy atom. The Bertz CT molecular complexity index is 197. The van der Waals surface area contributed by atoms with Crippen molar-refractivity contribution < 1.29 is 13.0 Å². The fraction of sp³-hybridized carbons (Fsp3) is 1.00. The van der Waals surface area contributed by atoms with Crippen LogP contribution >= 0.6 is 25.9 Å². The summed E-state index contributed by atoms with van der Waals surface area (Å²) in [6.45, 7) is 0. The quantitative estimate of drug-likeness (QED) is 0.704. The second-order valence-electron chi connectivity index (χ2n) is 2.77. The first-order valence-corrected chi connectivity index (χ1v) is 5.07. The summed E-state index contributed by atoms with van der Waals surface area (Å²) in [5.74, 6) is 0. The first kappa shape index (κ1) is 15.0. The van der Waals surface area contributed by atoms with E-state index in [0.717, 1.165) is 19.3 Å². The van der Waals surface area contributed by atoms with E-state index in [1.54, 1.807) is 0 Å². The summed E-state index contributed by atoms with van der Waals surface area (Å²) < 4.78 is 29.7. The van der Waals surface area contributed by atoms with Gasteiger partial charge in [0.15, 0.2) is 0 Å². The summed E-state index contributed by atoms with van der Waals surface area (Å²) in [5, 5.41) is -0.471. The Morgan fingerprint density at radius 3 is 1.75 bits per heavy atom. The summed E-state index contributed by atoms with van der Waals surface area (Å²) >= 11 is 0. The lowest BCUT2D eigenvalue weighted by atomic mass is 10.0. The maximum absolute atomic E-state index is 10.5. The topological polar surface area (TPSA) is 54.4 Å². The first-order valence-electron chi connectivity index (χ1n) is 3.57. The van der Waals surface area contributed by atoms with Gasteiger partial charge in [-0.25, -0.2) is 0 Å². The van der Waals surface area contributed by atoms with E-state index in [1.165, 1.54) is 0 Å². The largest absolute Gasteiger partial charge is 0.285 e. The van der Waals surface area contributed by atoms with E-state index in [4.69, 9.17) is 4.55 Å². The summed E-state index contributed by atoms with van der Waals surface area (Å²) in [6, 6.07) is 0. The van der Waals surface area contributed by atoms with Crippen molar-refractivity contribution in [2.24, 2.45) is 0 Å². The van der Waals surface area contributed by atoms with Gasteiger partial charge in [-0.2, -0.15) is 21.9 Å². The molecule has 0 bridgehead atoms.